The average molecular weight is 528 g/mol. The summed E-state index contributed by atoms with van der Waals surface area (Å²) in [6.45, 7) is 0.486. The molecule has 0 radical (unpaired) electrons. The second kappa shape index (κ2) is 11.2. The average Bonchev–Trinajstić information content (AvgIpc) is 3.40. The summed E-state index contributed by atoms with van der Waals surface area (Å²) in [6.07, 6.45) is 1.87. The van der Waals surface area contributed by atoms with Gasteiger partial charge in [0.15, 0.2) is 5.82 Å². The predicted octanol–water partition coefficient (Wildman–Crippen LogP) is 5.56. The van der Waals surface area contributed by atoms with Gasteiger partial charge < -0.3 is 21.7 Å². The molecule has 1 heterocycles. The fraction of sp³-hybridized carbons (Fsp3) is 0.125. The molecule has 40 heavy (non-hydrogen) atoms. The van der Waals surface area contributed by atoms with Gasteiger partial charge in [0.25, 0.3) is 5.91 Å². The maximum Gasteiger partial charge on any atom is 0.255 e. The van der Waals surface area contributed by atoms with Gasteiger partial charge in [0, 0.05) is 23.7 Å². The van der Waals surface area contributed by atoms with Crippen molar-refractivity contribution in [1.82, 2.24) is 15.0 Å². The molecule has 0 bridgehead atoms. The number of amides is 1. The lowest BCUT2D eigenvalue weighted by Gasteiger charge is -2.14. The van der Waals surface area contributed by atoms with Crippen LogP contribution in [0.5, 0.6) is 0 Å². The topological polar surface area (TPSA) is 118 Å². The number of fused-ring (bicyclic) bond motifs is 1. The molecule has 1 aliphatic rings. The Morgan fingerprint density at radius 1 is 0.750 bits per heavy atom. The van der Waals surface area contributed by atoms with E-state index in [1.807, 2.05) is 54.6 Å². The zero-order valence-corrected chi connectivity index (χ0v) is 21.8. The molecule has 0 saturated heterocycles. The number of carbonyl (C=O) groups is 1. The Bertz CT molecular complexity index is 1610. The maximum atomic E-state index is 12.7. The van der Waals surface area contributed by atoms with Gasteiger partial charge in [0.05, 0.1) is 11.4 Å². The highest BCUT2D eigenvalue weighted by atomic mass is 16.1. The molecule has 198 valence electrons. The van der Waals surface area contributed by atoms with Crippen LogP contribution in [0.2, 0.25) is 0 Å². The molecule has 8 nitrogen and oxygen atoms in total. The van der Waals surface area contributed by atoms with Crippen LogP contribution in [0.3, 0.4) is 0 Å². The number of hydrogen-bond donors (Lipinski definition) is 4. The molecule has 0 atom stereocenters. The summed E-state index contributed by atoms with van der Waals surface area (Å²) < 4.78 is 0. The van der Waals surface area contributed by atoms with Gasteiger partial charge in [-0.1, -0.05) is 78.9 Å². The standard InChI is InChI=1S/C32H29N7O/c33-27-12-6-7-13-28(27)36-30(40)23-16-14-21(15-17-23)20-34-31-37-29(22-8-2-1-3-9-22)38-32(39-31)35-26-18-24-10-4-5-11-25(24)19-26/h1-17,26H,18-20,33H2,(H,36,40)(H2,34,35,37,38,39). The molecule has 0 fully saturated rings. The van der Waals surface area contributed by atoms with E-state index in [0.717, 1.165) is 24.0 Å². The van der Waals surface area contributed by atoms with Crippen molar-refractivity contribution >= 4 is 29.2 Å². The first-order valence-corrected chi connectivity index (χ1v) is 13.2. The summed E-state index contributed by atoms with van der Waals surface area (Å²) in [4.78, 5) is 26.8. The number of aromatic nitrogens is 3. The van der Waals surface area contributed by atoms with E-state index >= 15 is 0 Å². The van der Waals surface area contributed by atoms with Crippen molar-refractivity contribution in [2.75, 3.05) is 21.7 Å². The molecule has 0 aliphatic heterocycles. The lowest BCUT2D eigenvalue weighted by atomic mass is 10.1. The van der Waals surface area contributed by atoms with Crippen molar-refractivity contribution in [3.8, 4) is 11.4 Å². The predicted molar refractivity (Wildman–Crippen MR) is 159 cm³/mol. The lowest BCUT2D eigenvalue weighted by Crippen LogP contribution is -2.22. The molecule has 1 aliphatic carbocycles. The maximum absolute atomic E-state index is 12.7. The Balaban J connectivity index is 1.16. The van der Waals surface area contributed by atoms with Crippen LogP contribution in [0, 0.1) is 0 Å². The van der Waals surface area contributed by atoms with Crippen LogP contribution in [0.25, 0.3) is 11.4 Å². The van der Waals surface area contributed by atoms with Gasteiger partial charge in [-0.3, -0.25) is 4.79 Å². The Morgan fingerprint density at radius 3 is 2.12 bits per heavy atom. The number of para-hydroxylation sites is 2. The molecule has 6 rings (SSSR count). The van der Waals surface area contributed by atoms with E-state index in [2.05, 4.69) is 50.2 Å². The first-order chi connectivity index (χ1) is 19.6. The Morgan fingerprint density at radius 2 is 1.40 bits per heavy atom. The number of nitrogens with two attached hydrogens (primary N) is 1. The van der Waals surface area contributed by atoms with E-state index in [1.54, 1.807) is 24.3 Å². The van der Waals surface area contributed by atoms with Gasteiger partial charge in [-0.25, -0.2) is 0 Å². The normalized spacial score (nSPS) is 12.5. The highest BCUT2D eigenvalue weighted by Gasteiger charge is 2.22. The third-order valence-corrected chi connectivity index (χ3v) is 6.93. The third kappa shape index (κ3) is 5.76. The van der Waals surface area contributed by atoms with E-state index in [0.29, 0.717) is 41.2 Å². The highest BCUT2D eigenvalue weighted by Crippen LogP contribution is 2.25. The monoisotopic (exact) mass is 527 g/mol. The van der Waals surface area contributed by atoms with Crippen LogP contribution in [0.1, 0.15) is 27.0 Å². The minimum atomic E-state index is -0.216. The van der Waals surface area contributed by atoms with Gasteiger partial charge in [-0.2, -0.15) is 15.0 Å². The third-order valence-electron chi connectivity index (χ3n) is 6.93. The molecule has 1 aromatic heterocycles. The molecule has 0 saturated carbocycles. The SMILES string of the molecule is Nc1ccccc1NC(=O)c1ccc(CNc2nc(NC3Cc4ccccc4C3)nc(-c3ccccc3)n2)cc1. The van der Waals surface area contributed by atoms with Crippen LogP contribution < -0.4 is 21.7 Å². The van der Waals surface area contributed by atoms with Crippen molar-refractivity contribution < 1.29 is 4.79 Å². The first-order valence-electron chi connectivity index (χ1n) is 13.2. The minimum Gasteiger partial charge on any atom is -0.397 e. The van der Waals surface area contributed by atoms with Gasteiger partial charge in [-0.15, -0.1) is 0 Å². The molecule has 1 amide bonds. The fourth-order valence-electron chi connectivity index (χ4n) is 4.84. The van der Waals surface area contributed by atoms with Gasteiger partial charge >= 0.3 is 0 Å². The molecular formula is C32H29N7O. The van der Waals surface area contributed by atoms with Crippen LogP contribution in [-0.2, 0) is 19.4 Å². The smallest absolute Gasteiger partial charge is 0.255 e. The number of nitrogens with zero attached hydrogens (tertiary/aromatic N) is 3. The summed E-state index contributed by atoms with van der Waals surface area (Å²) >= 11 is 0. The van der Waals surface area contributed by atoms with Crippen molar-refractivity contribution in [2.45, 2.75) is 25.4 Å². The number of anilines is 4. The Kier molecular flexibility index (Phi) is 7.05. The summed E-state index contributed by atoms with van der Waals surface area (Å²) in [7, 11) is 0. The molecule has 5 N–H and O–H groups in total. The van der Waals surface area contributed by atoms with Gasteiger partial charge in [0.2, 0.25) is 11.9 Å². The van der Waals surface area contributed by atoms with E-state index in [-0.39, 0.29) is 11.9 Å². The van der Waals surface area contributed by atoms with Crippen LogP contribution in [0.15, 0.2) is 103 Å². The molecular weight excluding hydrogens is 498 g/mol. The minimum absolute atomic E-state index is 0.216. The second-order valence-electron chi connectivity index (χ2n) is 9.78. The van der Waals surface area contributed by atoms with Crippen molar-refractivity contribution in [1.29, 1.82) is 0 Å². The van der Waals surface area contributed by atoms with E-state index in [9.17, 15) is 4.79 Å². The fourth-order valence-corrected chi connectivity index (χ4v) is 4.84. The van der Waals surface area contributed by atoms with E-state index < -0.39 is 0 Å². The molecule has 4 aromatic carbocycles. The number of nitrogen functional groups attached to an aromatic ring is 1. The first kappa shape index (κ1) is 25.1. The van der Waals surface area contributed by atoms with E-state index in [4.69, 9.17) is 10.7 Å². The van der Waals surface area contributed by atoms with Gasteiger partial charge in [-0.05, 0) is 53.8 Å². The molecule has 5 aromatic rings. The largest absolute Gasteiger partial charge is 0.397 e. The van der Waals surface area contributed by atoms with Crippen molar-refractivity contribution in [3.63, 3.8) is 0 Å². The molecule has 0 spiro atoms. The number of nitrogens with one attached hydrogen (secondary N) is 3. The van der Waals surface area contributed by atoms with Crippen LogP contribution in [-0.4, -0.2) is 26.9 Å². The lowest BCUT2D eigenvalue weighted by molar-refractivity contribution is 0.102. The zero-order chi connectivity index (χ0) is 27.3. The summed E-state index contributed by atoms with van der Waals surface area (Å²) in [5, 5.41) is 9.71. The zero-order valence-electron chi connectivity index (χ0n) is 21.8. The summed E-state index contributed by atoms with van der Waals surface area (Å²) in [5.74, 6) is 1.41. The quantitative estimate of drug-likeness (QED) is 0.195. The van der Waals surface area contributed by atoms with E-state index in [1.165, 1.54) is 11.1 Å². The van der Waals surface area contributed by atoms with Crippen LogP contribution in [0.4, 0.5) is 23.3 Å². The Hall–Kier alpha value is -5.24. The van der Waals surface area contributed by atoms with Crippen molar-refractivity contribution in [3.05, 3.63) is 125 Å². The van der Waals surface area contributed by atoms with Crippen molar-refractivity contribution in [2.24, 2.45) is 0 Å². The van der Waals surface area contributed by atoms with Crippen LogP contribution >= 0.6 is 0 Å². The van der Waals surface area contributed by atoms with Gasteiger partial charge in [0.1, 0.15) is 0 Å². The molecule has 8 heteroatoms. The second-order valence-corrected chi connectivity index (χ2v) is 9.78. The number of carbonyl (C=O) groups excluding carboxylic acids is 1. The number of rotatable bonds is 8. The highest BCUT2D eigenvalue weighted by molar-refractivity contribution is 6.05. The number of benzene rings is 4. The number of hydrogen-bond acceptors (Lipinski definition) is 7. The molecule has 0 unspecified atom stereocenters. The summed E-state index contributed by atoms with van der Waals surface area (Å²) in [6, 6.07) is 33.2. The summed E-state index contributed by atoms with van der Waals surface area (Å²) in [5.41, 5.74) is 12.2. The Labute approximate surface area is 232 Å².